The Hall–Kier alpha value is -1.79. The van der Waals surface area contributed by atoms with Gasteiger partial charge in [-0.25, -0.2) is 0 Å². The van der Waals surface area contributed by atoms with Crippen LogP contribution in [0.4, 0.5) is 0 Å². The highest BCUT2D eigenvalue weighted by molar-refractivity contribution is 7.98. The van der Waals surface area contributed by atoms with E-state index in [9.17, 15) is 9.59 Å². The molecule has 0 aliphatic carbocycles. The zero-order chi connectivity index (χ0) is 17.5. The van der Waals surface area contributed by atoms with Crippen LogP contribution >= 0.6 is 23.1 Å². The molecule has 132 valence electrons. The topological polar surface area (TPSA) is 49.4 Å². The van der Waals surface area contributed by atoms with Crippen LogP contribution in [0.5, 0.6) is 0 Å². The van der Waals surface area contributed by atoms with Gasteiger partial charge in [-0.3, -0.25) is 9.59 Å². The van der Waals surface area contributed by atoms with E-state index in [4.69, 9.17) is 0 Å². The molecule has 1 fully saturated rings. The van der Waals surface area contributed by atoms with Gasteiger partial charge >= 0.3 is 0 Å². The molecule has 1 N–H and O–H groups in total. The third kappa shape index (κ3) is 5.09. The summed E-state index contributed by atoms with van der Waals surface area (Å²) in [6.07, 6.45) is 2.42. The lowest BCUT2D eigenvalue weighted by Gasteiger charge is -2.15. The van der Waals surface area contributed by atoms with Crippen molar-refractivity contribution < 1.29 is 9.59 Å². The van der Waals surface area contributed by atoms with Crippen LogP contribution in [0, 0.1) is 0 Å². The van der Waals surface area contributed by atoms with Crippen molar-refractivity contribution in [2.24, 2.45) is 0 Å². The molecule has 2 aromatic rings. The summed E-state index contributed by atoms with van der Waals surface area (Å²) in [5.74, 6) is 1.07. The Morgan fingerprint density at radius 2 is 2.12 bits per heavy atom. The van der Waals surface area contributed by atoms with Gasteiger partial charge in [0.25, 0.3) is 5.91 Å². The van der Waals surface area contributed by atoms with Crippen LogP contribution in [0.25, 0.3) is 0 Å². The number of amides is 2. The van der Waals surface area contributed by atoms with E-state index in [0.29, 0.717) is 13.0 Å². The molecular formula is C19H22N2O2S2. The lowest BCUT2D eigenvalue weighted by Crippen LogP contribution is -2.30. The molecule has 25 heavy (non-hydrogen) atoms. The van der Waals surface area contributed by atoms with Gasteiger partial charge in [-0.15, -0.1) is 23.1 Å². The van der Waals surface area contributed by atoms with Crippen molar-refractivity contribution >= 4 is 34.9 Å². The third-order valence-electron chi connectivity index (χ3n) is 4.14. The summed E-state index contributed by atoms with van der Waals surface area (Å²) >= 11 is 3.42. The van der Waals surface area contributed by atoms with Gasteiger partial charge < -0.3 is 10.2 Å². The molecule has 4 nitrogen and oxygen atoms in total. The molecule has 2 amide bonds. The minimum Gasteiger partial charge on any atom is -0.352 e. The lowest BCUT2D eigenvalue weighted by molar-refractivity contribution is -0.127. The number of carbonyl (C=O) groups excluding carboxylic acids is 2. The highest BCUT2D eigenvalue weighted by atomic mass is 32.2. The van der Waals surface area contributed by atoms with E-state index in [1.165, 1.54) is 4.88 Å². The van der Waals surface area contributed by atoms with Gasteiger partial charge in [0.2, 0.25) is 5.91 Å². The Morgan fingerprint density at radius 3 is 2.88 bits per heavy atom. The highest BCUT2D eigenvalue weighted by Crippen LogP contribution is 2.27. The molecule has 0 atom stereocenters. The van der Waals surface area contributed by atoms with E-state index in [2.05, 4.69) is 16.8 Å². The fraction of sp³-hybridized carbons (Fsp3) is 0.368. The first-order valence-corrected chi connectivity index (χ1v) is 10.4. The minimum atomic E-state index is -0.0398. The van der Waals surface area contributed by atoms with E-state index in [0.717, 1.165) is 42.1 Å². The van der Waals surface area contributed by atoms with Crippen LogP contribution in [-0.2, 0) is 10.5 Å². The number of likely N-dealkylation sites (tertiary alicyclic amines) is 1. The van der Waals surface area contributed by atoms with Gasteiger partial charge in [-0.1, -0.05) is 18.2 Å². The first kappa shape index (κ1) is 18.0. The molecule has 2 heterocycles. The highest BCUT2D eigenvalue weighted by Gasteiger charge is 2.19. The molecule has 0 unspecified atom stereocenters. The maximum absolute atomic E-state index is 12.5. The maximum atomic E-state index is 12.5. The van der Waals surface area contributed by atoms with Gasteiger partial charge in [0, 0.05) is 41.6 Å². The van der Waals surface area contributed by atoms with Crippen molar-refractivity contribution in [2.75, 3.05) is 19.6 Å². The van der Waals surface area contributed by atoms with Crippen LogP contribution in [0.3, 0.4) is 0 Å². The molecule has 3 rings (SSSR count). The summed E-state index contributed by atoms with van der Waals surface area (Å²) in [6.45, 7) is 2.18. The zero-order valence-corrected chi connectivity index (χ0v) is 15.7. The number of carbonyl (C=O) groups is 2. The zero-order valence-electron chi connectivity index (χ0n) is 14.1. The summed E-state index contributed by atoms with van der Waals surface area (Å²) in [4.78, 5) is 28.2. The Bertz CT molecular complexity index is 716. The van der Waals surface area contributed by atoms with Crippen molar-refractivity contribution in [1.82, 2.24) is 10.2 Å². The quantitative estimate of drug-likeness (QED) is 0.565. The van der Waals surface area contributed by atoms with Gasteiger partial charge in [0.15, 0.2) is 0 Å². The van der Waals surface area contributed by atoms with E-state index in [1.807, 2.05) is 35.2 Å². The molecule has 1 aromatic heterocycles. The van der Waals surface area contributed by atoms with E-state index < -0.39 is 0 Å². The third-order valence-corrected chi connectivity index (χ3v) is 6.32. The second-order valence-electron chi connectivity index (χ2n) is 5.96. The SMILES string of the molecule is O=C(NCCCN1CCCC1=O)c1ccccc1SCc1cccs1. The van der Waals surface area contributed by atoms with Gasteiger partial charge in [0.1, 0.15) is 0 Å². The van der Waals surface area contributed by atoms with E-state index >= 15 is 0 Å². The minimum absolute atomic E-state index is 0.0398. The molecule has 1 aromatic carbocycles. The number of thiophene rings is 1. The van der Waals surface area contributed by atoms with Gasteiger partial charge in [-0.2, -0.15) is 0 Å². The normalized spacial score (nSPS) is 14.1. The first-order valence-electron chi connectivity index (χ1n) is 8.54. The molecule has 6 heteroatoms. The van der Waals surface area contributed by atoms with Crippen molar-refractivity contribution in [1.29, 1.82) is 0 Å². The second kappa shape index (κ2) is 9.06. The van der Waals surface area contributed by atoms with Crippen molar-refractivity contribution in [3.05, 3.63) is 52.2 Å². The average Bonchev–Trinajstić information content (AvgIpc) is 3.29. The monoisotopic (exact) mass is 374 g/mol. The number of hydrogen-bond acceptors (Lipinski definition) is 4. The molecule has 0 bridgehead atoms. The molecule has 0 spiro atoms. The van der Waals surface area contributed by atoms with E-state index in [-0.39, 0.29) is 11.8 Å². The summed E-state index contributed by atoms with van der Waals surface area (Å²) in [7, 11) is 0. The Labute approximate surface area is 156 Å². The number of hydrogen-bond donors (Lipinski definition) is 1. The van der Waals surface area contributed by atoms with E-state index in [1.54, 1.807) is 23.1 Å². The maximum Gasteiger partial charge on any atom is 0.252 e. The van der Waals surface area contributed by atoms with Gasteiger partial charge in [0.05, 0.1) is 5.56 Å². The predicted molar refractivity (Wildman–Crippen MR) is 103 cm³/mol. The van der Waals surface area contributed by atoms with Crippen LogP contribution in [0.15, 0.2) is 46.7 Å². The second-order valence-corrected chi connectivity index (χ2v) is 8.01. The van der Waals surface area contributed by atoms with Crippen LogP contribution in [0.1, 0.15) is 34.5 Å². The summed E-state index contributed by atoms with van der Waals surface area (Å²) in [5, 5.41) is 5.05. The fourth-order valence-electron chi connectivity index (χ4n) is 2.83. The summed E-state index contributed by atoms with van der Waals surface area (Å²) in [5.41, 5.74) is 0.723. The smallest absolute Gasteiger partial charge is 0.252 e. The summed E-state index contributed by atoms with van der Waals surface area (Å²) < 4.78 is 0. The molecule has 0 saturated carbocycles. The number of rotatable bonds is 8. The Morgan fingerprint density at radius 1 is 1.24 bits per heavy atom. The lowest BCUT2D eigenvalue weighted by atomic mass is 10.2. The van der Waals surface area contributed by atoms with Crippen LogP contribution < -0.4 is 5.32 Å². The number of benzene rings is 1. The Balaban J connectivity index is 1.48. The Kier molecular flexibility index (Phi) is 6.53. The largest absolute Gasteiger partial charge is 0.352 e. The molecular weight excluding hydrogens is 352 g/mol. The number of nitrogens with one attached hydrogen (secondary N) is 1. The van der Waals surface area contributed by atoms with Gasteiger partial charge in [-0.05, 0) is 36.4 Å². The standard InChI is InChI=1S/C19H22N2O2S2/c22-18-9-3-11-21(18)12-5-10-20-19(23)16-7-1-2-8-17(16)25-14-15-6-4-13-24-15/h1-2,4,6-8,13H,3,5,9-12,14H2,(H,20,23). The number of thioether (sulfide) groups is 1. The first-order chi connectivity index (χ1) is 12.2. The van der Waals surface area contributed by atoms with Crippen molar-refractivity contribution in [2.45, 2.75) is 29.9 Å². The van der Waals surface area contributed by atoms with Crippen LogP contribution in [-0.4, -0.2) is 36.3 Å². The average molecular weight is 375 g/mol. The number of nitrogens with zero attached hydrogens (tertiary/aromatic N) is 1. The fourth-order valence-corrected chi connectivity index (χ4v) is 4.65. The molecule has 0 radical (unpaired) electrons. The summed E-state index contributed by atoms with van der Waals surface area (Å²) in [6, 6.07) is 11.9. The van der Waals surface area contributed by atoms with Crippen LogP contribution in [0.2, 0.25) is 0 Å². The van der Waals surface area contributed by atoms with Crippen molar-refractivity contribution in [3.8, 4) is 0 Å². The molecule has 1 aliphatic heterocycles. The predicted octanol–water partition coefficient (Wildman–Crippen LogP) is 3.78. The van der Waals surface area contributed by atoms with Crippen molar-refractivity contribution in [3.63, 3.8) is 0 Å². The molecule has 1 aliphatic rings. The molecule has 1 saturated heterocycles.